The summed E-state index contributed by atoms with van der Waals surface area (Å²) in [4.78, 5) is 10.9. The molecule has 0 aromatic rings. The largest absolute Gasteiger partial charge is 0.356 e. The fraction of sp³-hybridized carbons (Fsp3) is 0.800. The Labute approximate surface area is 107 Å². The van der Waals surface area contributed by atoms with E-state index in [9.17, 15) is 4.79 Å². The van der Waals surface area contributed by atoms with Crippen LogP contribution in [-0.4, -0.2) is 13.0 Å². The molecule has 0 spiro atoms. The van der Waals surface area contributed by atoms with Gasteiger partial charge in [0, 0.05) is 7.05 Å². The van der Waals surface area contributed by atoms with Gasteiger partial charge in [0.2, 0.25) is 5.91 Å². The van der Waals surface area contributed by atoms with Gasteiger partial charge in [-0.1, -0.05) is 64.4 Å². The van der Waals surface area contributed by atoms with Crippen LogP contribution >= 0.6 is 0 Å². The van der Waals surface area contributed by atoms with Gasteiger partial charge < -0.3 is 5.32 Å². The van der Waals surface area contributed by atoms with E-state index in [1.807, 2.05) is 6.08 Å². The molecule has 0 saturated heterocycles. The lowest BCUT2D eigenvalue weighted by molar-refractivity contribution is -0.116. The second-order valence-electron chi connectivity index (χ2n) is 4.63. The minimum absolute atomic E-state index is 0.000856. The summed E-state index contributed by atoms with van der Waals surface area (Å²) in [5, 5.41) is 2.57. The molecule has 0 aromatic heterocycles. The molecular formula is C15H29NO. The second-order valence-corrected chi connectivity index (χ2v) is 4.63. The Balaban J connectivity index is 3.08. The third kappa shape index (κ3) is 13.1. The highest BCUT2D eigenvalue weighted by molar-refractivity contribution is 5.87. The highest BCUT2D eigenvalue weighted by atomic mass is 16.1. The van der Waals surface area contributed by atoms with Crippen molar-refractivity contribution < 1.29 is 4.79 Å². The molecule has 0 radical (unpaired) electrons. The molecule has 0 aliphatic heterocycles. The minimum Gasteiger partial charge on any atom is -0.356 e. The van der Waals surface area contributed by atoms with Gasteiger partial charge in [-0.15, -0.1) is 0 Å². The summed E-state index contributed by atoms with van der Waals surface area (Å²) in [6.45, 7) is 2.26. The van der Waals surface area contributed by atoms with Crippen molar-refractivity contribution >= 4 is 5.91 Å². The van der Waals surface area contributed by atoms with Gasteiger partial charge in [-0.05, 0) is 18.9 Å². The van der Waals surface area contributed by atoms with E-state index in [4.69, 9.17) is 0 Å². The summed E-state index contributed by atoms with van der Waals surface area (Å²) in [6, 6.07) is 0. The first-order valence-electron chi connectivity index (χ1n) is 7.19. The van der Waals surface area contributed by atoms with E-state index >= 15 is 0 Å². The maximum Gasteiger partial charge on any atom is 0.243 e. The van der Waals surface area contributed by atoms with Gasteiger partial charge in [-0.3, -0.25) is 4.79 Å². The number of carbonyl (C=O) groups is 1. The van der Waals surface area contributed by atoms with Crippen molar-refractivity contribution in [1.82, 2.24) is 5.32 Å². The average Bonchev–Trinajstić information content (AvgIpc) is 2.35. The number of unbranched alkanes of at least 4 members (excludes halogenated alkanes) is 9. The number of rotatable bonds is 11. The van der Waals surface area contributed by atoms with Gasteiger partial charge in [0.15, 0.2) is 0 Å². The summed E-state index contributed by atoms with van der Waals surface area (Å²) in [7, 11) is 1.66. The molecule has 0 rings (SSSR count). The quantitative estimate of drug-likeness (QED) is 0.425. The molecule has 0 bridgehead atoms. The summed E-state index contributed by atoms with van der Waals surface area (Å²) in [6.07, 6.45) is 16.8. The predicted molar refractivity (Wildman–Crippen MR) is 75.1 cm³/mol. The Morgan fingerprint density at radius 2 is 1.47 bits per heavy atom. The van der Waals surface area contributed by atoms with Crippen LogP contribution in [0, 0.1) is 0 Å². The molecule has 1 amide bonds. The Hall–Kier alpha value is -0.790. The summed E-state index contributed by atoms with van der Waals surface area (Å²) in [5.41, 5.74) is 0. The zero-order valence-corrected chi connectivity index (χ0v) is 11.6. The van der Waals surface area contributed by atoms with E-state index in [2.05, 4.69) is 12.2 Å². The van der Waals surface area contributed by atoms with Crippen LogP contribution in [0.3, 0.4) is 0 Å². The van der Waals surface area contributed by atoms with E-state index in [1.165, 1.54) is 57.8 Å². The van der Waals surface area contributed by atoms with Crippen molar-refractivity contribution in [3.63, 3.8) is 0 Å². The van der Waals surface area contributed by atoms with Crippen LogP contribution in [0.5, 0.6) is 0 Å². The molecule has 0 unspecified atom stereocenters. The Morgan fingerprint density at radius 1 is 0.941 bits per heavy atom. The molecule has 2 heteroatoms. The molecule has 0 heterocycles. The van der Waals surface area contributed by atoms with Crippen molar-refractivity contribution in [3.8, 4) is 0 Å². The maximum absolute atomic E-state index is 10.9. The van der Waals surface area contributed by atoms with Crippen molar-refractivity contribution in [2.75, 3.05) is 7.05 Å². The van der Waals surface area contributed by atoms with Crippen LogP contribution in [0.2, 0.25) is 0 Å². The van der Waals surface area contributed by atoms with E-state index < -0.39 is 0 Å². The first kappa shape index (κ1) is 16.2. The molecule has 0 aliphatic rings. The SMILES string of the molecule is CCCCCCCCCCC/C=C/C(=O)NC. The molecule has 1 N–H and O–H groups in total. The first-order chi connectivity index (χ1) is 8.31. The lowest BCUT2D eigenvalue weighted by Crippen LogP contribution is -2.13. The highest BCUT2D eigenvalue weighted by Gasteiger charge is 1.91. The zero-order valence-electron chi connectivity index (χ0n) is 11.6. The van der Waals surface area contributed by atoms with Crippen LogP contribution in [0.25, 0.3) is 0 Å². The lowest BCUT2D eigenvalue weighted by atomic mass is 10.1. The van der Waals surface area contributed by atoms with Crippen LogP contribution in [-0.2, 0) is 4.79 Å². The van der Waals surface area contributed by atoms with Crippen LogP contribution in [0.1, 0.15) is 71.1 Å². The molecule has 0 aromatic carbocycles. The fourth-order valence-corrected chi connectivity index (χ4v) is 1.85. The fourth-order valence-electron chi connectivity index (χ4n) is 1.85. The molecule has 0 saturated carbocycles. The smallest absolute Gasteiger partial charge is 0.243 e. The molecule has 17 heavy (non-hydrogen) atoms. The van der Waals surface area contributed by atoms with Gasteiger partial charge >= 0.3 is 0 Å². The van der Waals surface area contributed by atoms with Crippen molar-refractivity contribution in [2.45, 2.75) is 71.1 Å². The van der Waals surface area contributed by atoms with Gasteiger partial charge in [0.1, 0.15) is 0 Å². The minimum atomic E-state index is 0.000856. The average molecular weight is 239 g/mol. The van der Waals surface area contributed by atoms with Crippen molar-refractivity contribution in [1.29, 1.82) is 0 Å². The van der Waals surface area contributed by atoms with Gasteiger partial charge in [-0.2, -0.15) is 0 Å². The molecule has 0 aliphatic carbocycles. The summed E-state index contributed by atoms with van der Waals surface area (Å²) < 4.78 is 0. The molecular weight excluding hydrogens is 210 g/mol. The third-order valence-corrected chi connectivity index (χ3v) is 2.99. The van der Waals surface area contributed by atoms with Gasteiger partial charge in [-0.25, -0.2) is 0 Å². The molecule has 0 atom stereocenters. The van der Waals surface area contributed by atoms with E-state index in [-0.39, 0.29) is 5.91 Å². The van der Waals surface area contributed by atoms with Crippen molar-refractivity contribution in [3.05, 3.63) is 12.2 Å². The van der Waals surface area contributed by atoms with E-state index in [0.717, 1.165) is 6.42 Å². The Bertz CT molecular complexity index is 199. The van der Waals surface area contributed by atoms with E-state index in [0.29, 0.717) is 0 Å². The standard InChI is InChI=1S/C15H29NO/c1-3-4-5-6-7-8-9-10-11-12-13-14-15(17)16-2/h13-14H,3-12H2,1-2H3,(H,16,17)/b14-13+. The van der Waals surface area contributed by atoms with Crippen LogP contribution in [0.15, 0.2) is 12.2 Å². The van der Waals surface area contributed by atoms with E-state index in [1.54, 1.807) is 13.1 Å². The highest BCUT2D eigenvalue weighted by Crippen LogP contribution is 2.10. The molecule has 100 valence electrons. The van der Waals surface area contributed by atoms with Gasteiger partial charge in [0.25, 0.3) is 0 Å². The zero-order chi connectivity index (χ0) is 12.8. The third-order valence-electron chi connectivity index (χ3n) is 2.99. The number of nitrogens with one attached hydrogen (secondary N) is 1. The summed E-state index contributed by atoms with van der Waals surface area (Å²) >= 11 is 0. The van der Waals surface area contributed by atoms with Crippen LogP contribution < -0.4 is 5.32 Å². The summed E-state index contributed by atoms with van der Waals surface area (Å²) in [5.74, 6) is 0.000856. The number of amides is 1. The lowest BCUT2D eigenvalue weighted by Gasteiger charge is -2.00. The Kier molecular flexibility index (Phi) is 12.7. The van der Waals surface area contributed by atoms with Crippen LogP contribution in [0.4, 0.5) is 0 Å². The number of hydrogen-bond acceptors (Lipinski definition) is 1. The number of carbonyl (C=O) groups excluding carboxylic acids is 1. The topological polar surface area (TPSA) is 29.1 Å². The van der Waals surface area contributed by atoms with Gasteiger partial charge in [0.05, 0.1) is 0 Å². The second kappa shape index (κ2) is 13.3. The molecule has 0 fully saturated rings. The maximum atomic E-state index is 10.9. The normalized spacial score (nSPS) is 10.9. The monoisotopic (exact) mass is 239 g/mol. The number of allylic oxidation sites excluding steroid dienone is 1. The number of hydrogen-bond donors (Lipinski definition) is 1. The first-order valence-corrected chi connectivity index (χ1v) is 7.19. The Morgan fingerprint density at radius 3 is 2.00 bits per heavy atom. The number of likely N-dealkylation sites (N-methyl/N-ethyl adjacent to an activating group) is 1. The van der Waals surface area contributed by atoms with Crippen molar-refractivity contribution in [2.24, 2.45) is 0 Å². The molecule has 2 nitrogen and oxygen atoms in total. The predicted octanol–water partition coefficient (Wildman–Crippen LogP) is 4.21.